The van der Waals surface area contributed by atoms with Crippen LogP contribution >= 0.6 is 11.6 Å². The summed E-state index contributed by atoms with van der Waals surface area (Å²) in [6, 6.07) is 2.13. The second-order valence-corrected chi connectivity index (χ2v) is 7.30. The minimum atomic E-state index is 0.771. The van der Waals surface area contributed by atoms with Gasteiger partial charge in [0.15, 0.2) is 0 Å². The van der Waals surface area contributed by atoms with Gasteiger partial charge in [0.25, 0.3) is 0 Å². The smallest absolute Gasteiger partial charge is 0.123 e. The summed E-state index contributed by atoms with van der Waals surface area (Å²) in [5.74, 6) is 1.82. The first-order valence-corrected chi connectivity index (χ1v) is 9.24. The third kappa shape index (κ3) is 4.62. The van der Waals surface area contributed by atoms with Gasteiger partial charge < -0.3 is 9.47 Å². The van der Waals surface area contributed by atoms with E-state index in [1.165, 1.54) is 24.0 Å². The molecule has 0 unspecified atom stereocenters. The summed E-state index contributed by atoms with van der Waals surface area (Å²) < 4.78 is 11.5. The molecule has 1 heterocycles. The fraction of sp³-hybridized carbons (Fsp3) is 0.684. The van der Waals surface area contributed by atoms with Crippen molar-refractivity contribution in [2.75, 3.05) is 39.5 Å². The first-order chi connectivity index (χ1) is 11.1. The third-order valence-corrected chi connectivity index (χ3v) is 5.53. The summed E-state index contributed by atoms with van der Waals surface area (Å²) >= 11 is 6.47. The van der Waals surface area contributed by atoms with Gasteiger partial charge in [-0.25, -0.2) is 0 Å². The monoisotopic (exact) mass is 337 g/mol. The molecule has 23 heavy (non-hydrogen) atoms. The van der Waals surface area contributed by atoms with Crippen molar-refractivity contribution < 1.29 is 9.47 Å². The highest BCUT2D eigenvalue weighted by atomic mass is 35.5. The Hall–Kier alpha value is -0.770. The predicted octanol–water partition coefficient (Wildman–Crippen LogP) is 4.01. The van der Waals surface area contributed by atoms with E-state index in [-0.39, 0.29) is 0 Å². The van der Waals surface area contributed by atoms with Crippen LogP contribution in [0.15, 0.2) is 6.07 Å². The average Bonchev–Trinajstić information content (AvgIpc) is 3.38. The zero-order chi connectivity index (χ0) is 16.2. The molecule has 4 heteroatoms. The Kier molecular flexibility index (Phi) is 5.84. The Morgan fingerprint density at radius 3 is 2.70 bits per heavy atom. The van der Waals surface area contributed by atoms with Gasteiger partial charge in [0.2, 0.25) is 0 Å². The highest BCUT2D eigenvalue weighted by molar-refractivity contribution is 6.32. The van der Waals surface area contributed by atoms with Gasteiger partial charge in [-0.2, -0.15) is 0 Å². The van der Waals surface area contributed by atoms with Crippen LogP contribution in [0.4, 0.5) is 0 Å². The second kappa shape index (κ2) is 7.87. The molecule has 2 aliphatic rings. The van der Waals surface area contributed by atoms with Crippen molar-refractivity contribution in [3.8, 4) is 5.75 Å². The lowest BCUT2D eigenvalue weighted by Gasteiger charge is -2.26. The summed E-state index contributed by atoms with van der Waals surface area (Å²) in [7, 11) is 0. The molecule has 1 saturated carbocycles. The molecule has 0 amide bonds. The molecular weight excluding hydrogens is 310 g/mol. The molecular formula is C19H28ClNO2. The van der Waals surface area contributed by atoms with Gasteiger partial charge in [-0.15, -0.1) is 0 Å². The van der Waals surface area contributed by atoms with Crippen LogP contribution in [0, 0.1) is 19.8 Å². The van der Waals surface area contributed by atoms with E-state index in [2.05, 4.69) is 24.8 Å². The van der Waals surface area contributed by atoms with Crippen LogP contribution < -0.4 is 4.74 Å². The van der Waals surface area contributed by atoms with E-state index in [1.54, 1.807) is 0 Å². The maximum Gasteiger partial charge on any atom is 0.123 e. The zero-order valence-electron chi connectivity index (χ0n) is 14.4. The maximum absolute atomic E-state index is 6.47. The predicted molar refractivity (Wildman–Crippen MR) is 94.7 cm³/mol. The van der Waals surface area contributed by atoms with Crippen LogP contribution in [-0.4, -0.2) is 44.4 Å². The van der Waals surface area contributed by atoms with E-state index in [0.29, 0.717) is 0 Å². The van der Waals surface area contributed by atoms with E-state index in [0.717, 1.165) is 74.6 Å². The molecule has 1 aliphatic carbocycles. The second-order valence-electron chi connectivity index (χ2n) is 6.92. The fourth-order valence-electron chi connectivity index (χ4n) is 3.20. The molecule has 1 saturated heterocycles. The van der Waals surface area contributed by atoms with Crippen LogP contribution in [0.2, 0.25) is 5.02 Å². The van der Waals surface area contributed by atoms with Crippen molar-refractivity contribution in [1.29, 1.82) is 0 Å². The van der Waals surface area contributed by atoms with Crippen molar-refractivity contribution >= 4 is 11.6 Å². The number of hydrogen-bond donors (Lipinski definition) is 0. The molecule has 3 rings (SSSR count). The Balaban J connectivity index is 1.63. The van der Waals surface area contributed by atoms with Crippen LogP contribution in [0.1, 0.15) is 36.0 Å². The van der Waals surface area contributed by atoms with Crippen LogP contribution in [0.3, 0.4) is 0 Å². The van der Waals surface area contributed by atoms with E-state index in [1.807, 2.05) is 0 Å². The molecule has 0 radical (unpaired) electrons. The Labute approximate surface area is 144 Å². The number of benzene rings is 1. The quantitative estimate of drug-likeness (QED) is 0.750. The number of halogens is 1. The number of aryl methyl sites for hydroxylation is 1. The molecule has 128 valence electrons. The number of rotatable bonds is 7. The lowest BCUT2D eigenvalue weighted by Crippen LogP contribution is -2.37. The number of hydrogen-bond acceptors (Lipinski definition) is 3. The van der Waals surface area contributed by atoms with Gasteiger partial charge in [0, 0.05) is 18.1 Å². The summed E-state index contributed by atoms with van der Waals surface area (Å²) in [6.45, 7) is 10.0. The molecule has 0 spiro atoms. The summed E-state index contributed by atoms with van der Waals surface area (Å²) in [4.78, 5) is 2.49. The van der Waals surface area contributed by atoms with Crippen molar-refractivity contribution in [2.45, 2.75) is 39.5 Å². The topological polar surface area (TPSA) is 21.7 Å². The first-order valence-electron chi connectivity index (χ1n) is 8.86. The van der Waals surface area contributed by atoms with Gasteiger partial charge in [0.05, 0.1) is 19.8 Å². The van der Waals surface area contributed by atoms with Crippen molar-refractivity contribution in [3.63, 3.8) is 0 Å². The van der Waals surface area contributed by atoms with E-state index >= 15 is 0 Å². The molecule has 0 N–H and O–H groups in total. The van der Waals surface area contributed by atoms with E-state index < -0.39 is 0 Å². The van der Waals surface area contributed by atoms with E-state index in [9.17, 15) is 0 Å². The summed E-state index contributed by atoms with van der Waals surface area (Å²) in [5.41, 5.74) is 3.61. The van der Waals surface area contributed by atoms with Gasteiger partial charge in [-0.1, -0.05) is 11.6 Å². The lowest BCUT2D eigenvalue weighted by molar-refractivity contribution is 0.0374. The van der Waals surface area contributed by atoms with Crippen LogP contribution in [0.5, 0.6) is 5.75 Å². The normalized spacial score (nSPS) is 19.1. The molecule has 1 aromatic carbocycles. The van der Waals surface area contributed by atoms with Gasteiger partial charge in [-0.3, -0.25) is 4.90 Å². The molecule has 0 bridgehead atoms. The third-order valence-electron chi connectivity index (χ3n) is 4.95. The van der Waals surface area contributed by atoms with Gasteiger partial charge >= 0.3 is 0 Å². The Bertz CT molecular complexity index is 537. The SMILES string of the molecule is Cc1cc(OCC2CC2)c(CCCN2CCOCC2)c(C)c1Cl. The standard InChI is InChI=1S/C19H28ClNO2/c1-14-12-18(23-13-16-5-6-16)17(15(2)19(14)20)4-3-7-21-8-10-22-11-9-21/h12,16H,3-11,13H2,1-2H3. The van der Waals surface area contributed by atoms with Crippen molar-refractivity contribution in [3.05, 3.63) is 27.8 Å². The van der Waals surface area contributed by atoms with Crippen LogP contribution in [-0.2, 0) is 11.2 Å². The maximum atomic E-state index is 6.47. The summed E-state index contributed by atoms with van der Waals surface area (Å²) in [5, 5.41) is 0.894. The minimum Gasteiger partial charge on any atom is -0.493 e. The molecule has 0 aromatic heterocycles. The summed E-state index contributed by atoms with van der Waals surface area (Å²) in [6.07, 6.45) is 4.80. The molecule has 2 fully saturated rings. The average molecular weight is 338 g/mol. The zero-order valence-corrected chi connectivity index (χ0v) is 15.1. The Morgan fingerprint density at radius 2 is 2.00 bits per heavy atom. The molecule has 1 aliphatic heterocycles. The highest BCUT2D eigenvalue weighted by Crippen LogP contribution is 2.35. The lowest BCUT2D eigenvalue weighted by atomic mass is 9.99. The molecule has 0 atom stereocenters. The van der Waals surface area contributed by atoms with Gasteiger partial charge in [0.1, 0.15) is 5.75 Å². The molecule has 3 nitrogen and oxygen atoms in total. The highest BCUT2D eigenvalue weighted by Gasteiger charge is 2.23. The minimum absolute atomic E-state index is 0.771. The Morgan fingerprint density at radius 1 is 1.26 bits per heavy atom. The number of morpholine rings is 1. The first kappa shape index (κ1) is 17.1. The number of nitrogens with zero attached hydrogens (tertiary/aromatic N) is 1. The van der Waals surface area contributed by atoms with E-state index in [4.69, 9.17) is 21.1 Å². The van der Waals surface area contributed by atoms with Gasteiger partial charge in [-0.05, 0) is 74.8 Å². The van der Waals surface area contributed by atoms with Crippen molar-refractivity contribution in [1.82, 2.24) is 4.90 Å². The van der Waals surface area contributed by atoms with Crippen LogP contribution in [0.25, 0.3) is 0 Å². The fourth-order valence-corrected chi connectivity index (χ4v) is 3.36. The molecule has 1 aromatic rings. The van der Waals surface area contributed by atoms with Crippen molar-refractivity contribution in [2.24, 2.45) is 5.92 Å². The largest absolute Gasteiger partial charge is 0.493 e. The number of ether oxygens (including phenoxy) is 2.